The fraction of sp³-hybridized carbons (Fsp3) is 0. The summed E-state index contributed by atoms with van der Waals surface area (Å²) in [5, 5.41) is 10.3. The minimum absolute atomic E-state index is 0.0792. The number of phenolic OH excluding ortho intramolecular Hbond substituents is 1. The van der Waals surface area contributed by atoms with Crippen molar-refractivity contribution in [3.63, 3.8) is 0 Å². The van der Waals surface area contributed by atoms with Crippen LogP contribution in [0.3, 0.4) is 0 Å². The van der Waals surface area contributed by atoms with Crippen molar-refractivity contribution in [3.05, 3.63) is 40.4 Å². The number of nitrogen functional groups attached to an aromatic ring is 1. The van der Waals surface area contributed by atoms with Crippen LogP contribution >= 0.6 is 23.2 Å². The summed E-state index contributed by atoms with van der Waals surface area (Å²) in [5.74, 6) is 0.364. The summed E-state index contributed by atoms with van der Waals surface area (Å²) in [5.41, 5.74) is 7.77. The van der Waals surface area contributed by atoms with Crippen LogP contribution in [0.5, 0.6) is 5.75 Å². The van der Waals surface area contributed by atoms with E-state index in [2.05, 4.69) is 4.98 Å². The largest absolute Gasteiger partial charge is 0.508 e. The van der Waals surface area contributed by atoms with E-state index in [0.717, 1.165) is 0 Å². The molecule has 0 bridgehead atoms. The zero-order valence-corrected chi connectivity index (χ0v) is 11.0. The Bertz CT molecular complexity index is 784. The molecule has 0 saturated heterocycles. The molecule has 3 rings (SSSR count). The number of benzene rings is 2. The van der Waals surface area contributed by atoms with Gasteiger partial charge in [0.1, 0.15) is 11.3 Å². The van der Waals surface area contributed by atoms with Crippen molar-refractivity contribution in [3.8, 4) is 17.2 Å². The molecule has 0 atom stereocenters. The number of oxazole rings is 1. The van der Waals surface area contributed by atoms with E-state index in [9.17, 15) is 5.11 Å². The van der Waals surface area contributed by atoms with Crippen molar-refractivity contribution in [1.29, 1.82) is 0 Å². The summed E-state index contributed by atoms with van der Waals surface area (Å²) >= 11 is 11.9. The molecular weight excluding hydrogens is 287 g/mol. The molecule has 0 fully saturated rings. The van der Waals surface area contributed by atoms with Crippen molar-refractivity contribution in [1.82, 2.24) is 4.98 Å². The SMILES string of the molecule is Nc1ccc(O)cc1-c1nc2cc(Cl)cc(Cl)c2o1. The number of hydrogen-bond acceptors (Lipinski definition) is 4. The zero-order valence-electron chi connectivity index (χ0n) is 9.52. The molecule has 3 N–H and O–H groups in total. The Kier molecular flexibility index (Phi) is 2.77. The maximum absolute atomic E-state index is 9.50. The van der Waals surface area contributed by atoms with E-state index in [1.165, 1.54) is 12.1 Å². The number of nitrogens with two attached hydrogens (primary N) is 1. The Morgan fingerprint density at radius 3 is 2.74 bits per heavy atom. The molecule has 0 aliphatic heterocycles. The van der Waals surface area contributed by atoms with Gasteiger partial charge in [0.05, 0.1) is 10.6 Å². The molecule has 2 aromatic carbocycles. The first kappa shape index (κ1) is 12.1. The first-order chi connectivity index (χ1) is 9.04. The number of aromatic nitrogens is 1. The molecule has 19 heavy (non-hydrogen) atoms. The molecule has 1 aromatic heterocycles. The van der Waals surface area contributed by atoms with E-state index in [-0.39, 0.29) is 11.6 Å². The molecular formula is C13H8Cl2N2O2. The quantitative estimate of drug-likeness (QED) is 0.524. The molecule has 0 radical (unpaired) electrons. The summed E-state index contributed by atoms with van der Waals surface area (Å²) in [7, 11) is 0. The third-order valence-corrected chi connectivity index (χ3v) is 3.18. The Morgan fingerprint density at radius 2 is 1.95 bits per heavy atom. The molecule has 0 unspecified atom stereocenters. The fourth-order valence-corrected chi connectivity index (χ4v) is 2.33. The topological polar surface area (TPSA) is 72.3 Å². The highest BCUT2D eigenvalue weighted by Gasteiger charge is 2.14. The van der Waals surface area contributed by atoms with Crippen LogP contribution in [0, 0.1) is 0 Å². The number of fused-ring (bicyclic) bond motifs is 1. The normalized spacial score (nSPS) is 11.1. The van der Waals surface area contributed by atoms with Crippen LogP contribution in [0.25, 0.3) is 22.6 Å². The number of halogens is 2. The minimum atomic E-state index is 0.0792. The minimum Gasteiger partial charge on any atom is -0.508 e. The van der Waals surface area contributed by atoms with Gasteiger partial charge in [-0.2, -0.15) is 0 Å². The summed E-state index contributed by atoms with van der Waals surface area (Å²) in [6, 6.07) is 7.77. The van der Waals surface area contributed by atoms with Gasteiger partial charge in [0.25, 0.3) is 0 Å². The Hall–Kier alpha value is -1.91. The van der Waals surface area contributed by atoms with E-state index in [4.69, 9.17) is 33.4 Å². The average molecular weight is 295 g/mol. The number of aromatic hydroxyl groups is 1. The van der Waals surface area contributed by atoms with Crippen molar-refractivity contribution in [2.75, 3.05) is 5.73 Å². The third kappa shape index (κ3) is 2.09. The van der Waals surface area contributed by atoms with Crippen LogP contribution in [0.4, 0.5) is 5.69 Å². The van der Waals surface area contributed by atoms with Crippen LogP contribution in [-0.4, -0.2) is 10.1 Å². The van der Waals surface area contributed by atoms with Crippen molar-refractivity contribution >= 4 is 40.0 Å². The highest BCUT2D eigenvalue weighted by Crippen LogP contribution is 2.34. The van der Waals surface area contributed by atoms with Crippen LogP contribution in [0.1, 0.15) is 0 Å². The van der Waals surface area contributed by atoms with Gasteiger partial charge >= 0.3 is 0 Å². The molecule has 0 amide bonds. The lowest BCUT2D eigenvalue weighted by Crippen LogP contribution is -1.89. The number of rotatable bonds is 1. The van der Waals surface area contributed by atoms with Gasteiger partial charge in [-0.1, -0.05) is 23.2 Å². The molecule has 4 nitrogen and oxygen atoms in total. The lowest BCUT2D eigenvalue weighted by Gasteiger charge is -2.01. The summed E-state index contributed by atoms with van der Waals surface area (Å²) in [6.07, 6.45) is 0. The third-order valence-electron chi connectivity index (χ3n) is 2.68. The summed E-state index contributed by atoms with van der Waals surface area (Å²) in [6.45, 7) is 0. The predicted molar refractivity (Wildman–Crippen MR) is 75.5 cm³/mol. The standard InChI is InChI=1S/C13H8Cl2N2O2/c14-6-3-9(15)12-11(4-6)17-13(19-12)8-5-7(18)1-2-10(8)16/h1-5,18H,16H2. The molecule has 0 saturated carbocycles. The number of hydrogen-bond donors (Lipinski definition) is 2. The number of nitrogens with zero attached hydrogens (tertiary/aromatic N) is 1. The molecule has 1 heterocycles. The second-order valence-electron chi connectivity index (χ2n) is 4.03. The van der Waals surface area contributed by atoms with Gasteiger partial charge in [0.2, 0.25) is 5.89 Å². The van der Waals surface area contributed by atoms with Gasteiger partial charge in [-0.05, 0) is 30.3 Å². The molecule has 6 heteroatoms. The highest BCUT2D eigenvalue weighted by atomic mass is 35.5. The second kappa shape index (κ2) is 4.33. The smallest absolute Gasteiger partial charge is 0.229 e. The molecule has 0 aliphatic rings. The van der Waals surface area contributed by atoms with Crippen molar-refractivity contribution in [2.45, 2.75) is 0 Å². The van der Waals surface area contributed by atoms with Gasteiger partial charge in [-0.15, -0.1) is 0 Å². The summed E-state index contributed by atoms with van der Waals surface area (Å²) < 4.78 is 5.58. The Morgan fingerprint density at radius 1 is 1.16 bits per heavy atom. The van der Waals surface area contributed by atoms with Crippen LogP contribution < -0.4 is 5.73 Å². The zero-order chi connectivity index (χ0) is 13.6. The molecule has 0 aliphatic carbocycles. The average Bonchev–Trinajstić information content (AvgIpc) is 2.76. The lowest BCUT2D eigenvalue weighted by atomic mass is 10.1. The summed E-state index contributed by atoms with van der Waals surface area (Å²) in [4.78, 5) is 4.28. The Balaban J connectivity index is 2.26. The first-order valence-corrected chi connectivity index (χ1v) is 6.14. The Labute approximate surface area is 118 Å². The van der Waals surface area contributed by atoms with E-state index in [1.807, 2.05) is 0 Å². The van der Waals surface area contributed by atoms with Gasteiger partial charge in [-0.3, -0.25) is 0 Å². The predicted octanol–water partition coefficient (Wildman–Crippen LogP) is 4.09. The maximum atomic E-state index is 9.50. The van der Waals surface area contributed by atoms with Crippen LogP contribution in [0.15, 0.2) is 34.7 Å². The van der Waals surface area contributed by atoms with E-state index >= 15 is 0 Å². The molecule has 0 spiro atoms. The number of phenols is 1. The fourth-order valence-electron chi connectivity index (χ4n) is 1.80. The molecule has 3 aromatic rings. The van der Waals surface area contributed by atoms with E-state index in [1.54, 1.807) is 18.2 Å². The first-order valence-electron chi connectivity index (χ1n) is 5.39. The highest BCUT2D eigenvalue weighted by molar-refractivity contribution is 6.38. The maximum Gasteiger partial charge on any atom is 0.229 e. The van der Waals surface area contributed by atoms with Crippen LogP contribution in [0.2, 0.25) is 10.0 Å². The van der Waals surface area contributed by atoms with Crippen molar-refractivity contribution in [2.24, 2.45) is 0 Å². The van der Waals surface area contributed by atoms with E-state index in [0.29, 0.717) is 32.4 Å². The van der Waals surface area contributed by atoms with Gasteiger partial charge in [-0.25, -0.2) is 4.98 Å². The lowest BCUT2D eigenvalue weighted by molar-refractivity contribution is 0.475. The van der Waals surface area contributed by atoms with Gasteiger partial charge in [0, 0.05) is 10.7 Å². The van der Waals surface area contributed by atoms with Gasteiger partial charge < -0.3 is 15.3 Å². The molecule has 96 valence electrons. The van der Waals surface area contributed by atoms with Gasteiger partial charge in [0.15, 0.2) is 5.58 Å². The van der Waals surface area contributed by atoms with E-state index < -0.39 is 0 Å². The van der Waals surface area contributed by atoms with Crippen molar-refractivity contribution < 1.29 is 9.52 Å². The second-order valence-corrected chi connectivity index (χ2v) is 4.87. The number of anilines is 1. The monoisotopic (exact) mass is 294 g/mol. The van der Waals surface area contributed by atoms with Crippen LogP contribution in [-0.2, 0) is 0 Å².